The summed E-state index contributed by atoms with van der Waals surface area (Å²) in [4.78, 5) is 25.6. The lowest BCUT2D eigenvalue weighted by Crippen LogP contribution is -2.44. The summed E-state index contributed by atoms with van der Waals surface area (Å²) < 4.78 is 4.60. The molecule has 0 bridgehead atoms. The molecule has 0 aliphatic carbocycles. The molecule has 6 nitrogen and oxygen atoms in total. The lowest BCUT2D eigenvalue weighted by atomic mass is 9.70. The number of nitrogens with zero attached hydrogens (tertiary/aromatic N) is 1. The molecule has 1 amide bonds. The molecule has 1 aliphatic rings. The predicted octanol–water partition coefficient (Wildman–Crippen LogP) is 3.96. The van der Waals surface area contributed by atoms with E-state index >= 15 is 0 Å². The molecule has 2 N–H and O–H groups in total. The van der Waals surface area contributed by atoms with Gasteiger partial charge in [-0.15, -0.1) is 0 Å². The summed E-state index contributed by atoms with van der Waals surface area (Å²) in [7, 11) is 1.35. The number of methoxy groups -OCH3 is 1. The van der Waals surface area contributed by atoms with Crippen LogP contribution >= 0.6 is 11.6 Å². The molecule has 0 aromatic heterocycles. The first-order valence-corrected chi connectivity index (χ1v) is 10.6. The number of benzene rings is 2. The normalized spacial score (nSPS) is 16.2. The van der Waals surface area contributed by atoms with E-state index in [9.17, 15) is 9.59 Å². The van der Waals surface area contributed by atoms with Gasteiger partial charge >= 0.3 is 5.97 Å². The molecule has 1 fully saturated rings. The third kappa shape index (κ3) is 6.17. The van der Waals surface area contributed by atoms with Crippen molar-refractivity contribution >= 4 is 29.6 Å². The molecule has 1 saturated heterocycles. The third-order valence-corrected chi connectivity index (χ3v) is 6.14. The van der Waals surface area contributed by atoms with Crippen molar-refractivity contribution in [3.05, 3.63) is 76.3 Å². The summed E-state index contributed by atoms with van der Waals surface area (Å²) in [5.74, 6) is -0.754. The molecule has 0 unspecified atom stereocenters. The molecule has 0 atom stereocenters. The molecule has 0 saturated carbocycles. The Labute approximate surface area is 187 Å². The Morgan fingerprint density at radius 3 is 2.35 bits per heavy atom. The zero-order valence-electron chi connectivity index (χ0n) is 17.5. The second-order valence-electron chi connectivity index (χ2n) is 7.87. The van der Waals surface area contributed by atoms with Crippen molar-refractivity contribution in [2.75, 3.05) is 20.2 Å². The highest BCUT2D eigenvalue weighted by Crippen LogP contribution is 2.39. The summed E-state index contributed by atoms with van der Waals surface area (Å²) in [6.07, 6.45) is 4.98. The van der Waals surface area contributed by atoms with Gasteiger partial charge in [-0.3, -0.25) is 14.9 Å². The highest BCUT2D eigenvalue weighted by molar-refractivity contribution is 6.30. The fourth-order valence-corrected chi connectivity index (χ4v) is 4.21. The van der Waals surface area contributed by atoms with Crippen LogP contribution in [0.1, 0.15) is 36.0 Å². The number of rotatable bonds is 7. The summed E-state index contributed by atoms with van der Waals surface area (Å²) in [5, 5.41) is 9.72. The van der Waals surface area contributed by atoms with Crippen LogP contribution < -0.4 is 5.48 Å². The molecular formula is C24H27ClN2O4. The Bertz CT molecular complexity index is 918. The van der Waals surface area contributed by atoms with E-state index in [2.05, 4.69) is 21.8 Å². The summed E-state index contributed by atoms with van der Waals surface area (Å²) >= 11 is 6.04. The van der Waals surface area contributed by atoms with Crippen molar-refractivity contribution in [3.8, 4) is 0 Å². The van der Waals surface area contributed by atoms with E-state index in [1.54, 1.807) is 11.6 Å². The second kappa shape index (κ2) is 10.6. The molecule has 3 rings (SSSR count). The number of carbonyl (C=O) groups excluding carboxylic acids is 2. The van der Waals surface area contributed by atoms with E-state index in [0.717, 1.165) is 43.6 Å². The van der Waals surface area contributed by atoms with E-state index < -0.39 is 0 Å². The fourth-order valence-electron chi connectivity index (χ4n) is 4.08. The lowest BCUT2D eigenvalue weighted by Gasteiger charge is -2.42. The molecular weight excluding hydrogens is 416 g/mol. The smallest absolute Gasteiger partial charge is 0.330 e. The van der Waals surface area contributed by atoms with Crippen LogP contribution in [0.15, 0.2) is 54.6 Å². The van der Waals surface area contributed by atoms with E-state index in [1.165, 1.54) is 18.7 Å². The molecule has 0 spiro atoms. The van der Waals surface area contributed by atoms with Crippen LogP contribution in [0.25, 0.3) is 6.08 Å². The number of hydrogen-bond acceptors (Lipinski definition) is 5. The first kappa shape index (κ1) is 23.0. The monoisotopic (exact) mass is 442 g/mol. The van der Waals surface area contributed by atoms with Gasteiger partial charge in [-0.25, -0.2) is 10.3 Å². The zero-order valence-corrected chi connectivity index (χ0v) is 18.3. The van der Waals surface area contributed by atoms with Gasteiger partial charge in [0.05, 0.1) is 7.11 Å². The largest absolute Gasteiger partial charge is 0.466 e. The molecule has 2 aromatic carbocycles. The van der Waals surface area contributed by atoms with Crippen LogP contribution in [0, 0.1) is 0 Å². The Morgan fingerprint density at radius 1 is 1.13 bits per heavy atom. The third-order valence-electron chi connectivity index (χ3n) is 5.89. The molecule has 2 aromatic rings. The Balaban J connectivity index is 1.64. The van der Waals surface area contributed by atoms with E-state index in [0.29, 0.717) is 5.02 Å². The maximum absolute atomic E-state index is 12.0. The van der Waals surface area contributed by atoms with Gasteiger partial charge in [-0.1, -0.05) is 48.0 Å². The van der Waals surface area contributed by atoms with Crippen LogP contribution in [-0.2, 0) is 26.3 Å². The topological polar surface area (TPSA) is 78.9 Å². The van der Waals surface area contributed by atoms with Crippen LogP contribution in [-0.4, -0.2) is 42.2 Å². The maximum Gasteiger partial charge on any atom is 0.330 e. The van der Waals surface area contributed by atoms with E-state index in [4.69, 9.17) is 16.8 Å². The standard InChI is InChI=1S/C24H27ClN2O4/c1-31-23(29)11-6-18-2-4-19(5-3-18)17-27-14-12-24(13-15-27,16-22(28)26-30)20-7-9-21(25)10-8-20/h2-11,30H,12-17H2,1H3,(H,26,28)/b11-6+. The number of carbonyl (C=O) groups is 2. The molecule has 0 radical (unpaired) electrons. The molecule has 7 heteroatoms. The SMILES string of the molecule is COC(=O)/C=C/c1ccc(CN2CCC(CC(=O)NO)(c3ccc(Cl)cc3)CC2)cc1. The number of amides is 1. The summed E-state index contributed by atoms with van der Waals surface area (Å²) in [5.41, 5.74) is 4.65. The number of esters is 1. The van der Waals surface area contributed by atoms with Gasteiger partial charge in [0.2, 0.25) is 5.91 Å². The van der Waals surface area contributed by atoms with Crippen molar-refractivity contribution in [1.82, 2.24) is 10.4 Å². The van der Waals surface area contributed by atoms with Crippen molar-refractivity contribution in [3.63, 3.8) is 0 Å². The van der Waals surface area contributed by atoms with Gasteiger partial charge < -0.3 is 4.74 Å². The number of ether oxygens (including phenoxy) is 1. The van der Waals surface area contributed by atoms with Gasteiger partial charge in [-0.05, 0) is 60.8 Å². The highest BCUT2D eigenvalue weighted by atomic mass is 35.5. The van der Waals surface area contributed by atoms with Crippen molar-refractivity contribution in [2.45, 2.75) is 31.2 Å². The first-order chi connectivity index (χ1) is 14.9. The average Bonchev–Trinajstić information content (AvgIpc) is 2.80. The number of hydroxylamine groups is 1. The number of halogens is 1. The Hall–Kier alpha value is -2.67. The van der Waals surface area contributed by atoms with Crippen LogP contribution in [0.5, 0.6) is 0 Å². The molecule has 164 valence electrons. The van der Waals surface area contributed by atoms with Gasteiger partial charge in [0.1, 0.15) is 0 Å². The van der Waals surface area contributed by atoms with Gasteiger partial charge in [0, 0.05) is 29.5 Å². The highest BCUT2D eigenvalue weighted by Gasteiger charge is 2.38. The Kier molecular flexibility index (Phi) is 7.85. The summed E-state index contributed by atoms with van der Waals surface area (Å²) in [6, 6.07) is 15.7. The van der Waals surface area contributed by atoms with E-state index in [1.807, 2.05) is 36.4 Å². The quantitative estimate of drug-likeness (QED) is 0.294. The maximum atomic E-state index is 12.0. The van der Waals surface area contributed by atoms with Crippen molar-refractivity contribution in [1.29, 1.82) is 0 Å². The average molecular weight is 443 g/mol. The van der Waals surface area contributed by atoms with Gasteiger partial charge in [-0.2, -0.15) is 0 Å². The second-order valence-corrected chi connectivity index (χ2v) is 8.31. The number of hydrogen-bond donors (Lipinski definition) is 2. The van der Waals surface area contributed by atoms with Crippen molar-refractivity contribution < 1.29 is 19.5 Å². The molecule has 31 heavy (non-hydrogen) atoms. The summed E-state index contributed by atoms with van der Waals surface area (Å²) in [6.45, 7) is 2.49. The van der Waals surface area contributed by atoms with Crippen molar-refractivity contribution in [2.24, 2.45) is 0 Å². The van der Waals surface area contributed by atoms with Crippen LogP contribution in [0.3, 0.4) is 0 Å². The van der Waals surface area contributed by atoms with E-state index in [-0.39, 0.29) is 23.7 Å². The fraction of sp³-hybridized carbons (Fsp3) is 0.333. The minimum absolute atomic E-state index is 0.236. The number of nitrogens with one attached hydrogen (secondary N) is 1. The van der Waals surface area contributed by atoms with Crippen LogP contribution in [0.2, 0.25) is 5.02 Å². The van der Waals surface area contributed by atoms with Crippen LogP contribution in [0.4, 0.5) is 0 Å². The Morgan fingerprint density at radius 2 is 1.77 bits per heavy atom. The molecule has 1 aliphatic heterocycles. The van der Waals surface area contributed by atoms with Gasteiger partial charge in [0.15, 0.2) is 0 Å². The lowest BCUT2D eigenvalue weighted by molar-refractivity contribution is -0.134. The zero-order chi connectivity index (χ0) is 22.3. The molecule has 1 heterocycles. The predicted molar refractivity (Wildman–Crippen MR) is 120 cm³/mol. The minimum Gasteiger partial charge on any atom is -0.466 e. The number of likely N-dealkylation sites (tertiary alicyclic amines) is 1. The number of piperidine rings is 1. The minimum atomic E-state index is -0.378. The van der Waals surface area contributed by atoms with Gasteiger partial charge in [0.25, 0.3) is 0 Å². The first-order valence-electron chi connectivity index (χ1n) is 10.2.